The number of anilines is 4. The number of pyridine rings is 1. The highest BCUT2D eigenvalue weighted by Gasteiger charge is 2.35. The van der Waals surface area contributed by atoms with E-state index in [9.17, 15) is 14.4 Å². The average molecular weight is 510 g/mol. The molecular weight excluding hydrogens is 490 g/mol. The average Bonchev–Trinajstić information content (AvgIpc) is 3.44. The second-order valence-electron chi connectivity index (χ2n) is 8.62. The molecule has 182 valence electrons. The monoisotopic (exact) mass is 509 g/mol. The van der Waals surface area contributed by atoms with Crippen molar-refractivity contribution in [3.63, 3.8) is 0 Å². The van der Waals surface area contributed by atoms with Crippen LogP contribution in [-0.4, -0.2) is 44.6 Å². The zero-order valence-corrected chi connectivity index (χ0v) is 20.5. The zero-order valence-electron chi connectivity index (χ0n) is 19.7. The molecule has 1 aliphatic rings. The summed E-state index contributed by atoms with van der Waals surface area (Å²) >= 11 is 1.40. The van der Waals surface area contributed by atoms with Crippen molar-refractivity contribution in [2.24, 2.45) is 0 Å². The van der Waals surface area contributed by atoms with Crippen LogP contribution in [0.5, 0.6) is 0 Å². The van der Waals surface area contributed by atoms with Crippen LogP contribution < -0.4 is 16.4 Å². The summed E-state index contributed by atoms with van der Waals surface area (Å²) in [6.07, 6.45) is 0. The molecule has 37 heavy (non-hydrogen) atoms. The van der Waals surface area contributed by atoms with Crippen molar-refractivity contribution in [2.75, 3.05) is 23.4 Å². The summed E-state index contributed by atoms with van der Waals surface area (Å²) in [6, 6.07) is 14.4. The predicted octanol–water partition coefficient (Wildman–Crippen LogP) is 4.35. The van der Waals surface area contributed by atoms with Gasteiger partial charge in [0.15, 0.2) is 0 Å². The SMILES string of the molecule is Cc1ccc2c(NC(=O)c3nc(N)c4sccc4n3)nc(Nc3cccc4c3C(=O)N(C)C4=O)cc2c1. The molecule has 2 aromatic carbocycles. The van der Waals surface area contributed by atoms with Gasteiger partial charge in [0.05, 0.1) is 27.0 Å². The highest BCUT2D eigenvalue weighted by molar-refractivity contribution is 7.17. The largest absolute Gasteiger partial charge is 0.382 e. The lowest BCUT2D eigenvalue weighted by molar-refractivity contribution is 0.0693. The number of carbonyl (C=O) groups is 3. The van der Waals surface area contributed by atoms with Crippen LogP contribution in [0, 0.1) is 6.92 Å². The molecule has 4 heterocycles. The van der Waals surface area contributed by atoms with E-state index in [0.29, 0.717) is 28.0 Å². The van der Waals surface area contributed by atoms with E-state index in [1.807, 2.05) is 36.6 Å². The maximum absolute atomic E-state index is 13.1. The normalized spacial score (nSPS) is 12.9. The molecule has 4 N–H and O–H groups in total. The number of nitrogens with one attached hydrogen (secondary N) is 2. The number of nitrogens with zero attached hydrogens (tertiary/aromatic N) is 4. The Bertz CT molecular complexity index is 1800. The first-order valence-corrected chi connectivity index (χ1v) is 12.1. The molecule has 0 spiro atoms. The van der Waals surface area contributed by atoms with Gasteiger partial charge in [0, 0.05) is 12.4 Å². The van der Waals surface area contributed by atoms with Crippen LogP contribution >= 0.6 is 11.3 Å². The molecule has 0 bridgehead atoms. The van der Waals surface area contributed by atoms with Crippen molar-refractivity contribution >= 4 is 73.2 Å². The van der Waals surface area contributed by atoms with Gasteiger partial charge >= 0.3 is 0 Å². The first kappa shape index (κ1) is 22.6. The van der Waals surface area contributed by atoms with Crippen molar-refractivity contribution in [3.05, 3.63) is 76.4 Å². The third-order valence-electron chi connectivity index (χ3n) is 6.13. The Morgan fingerprint density at radius 1 is 1.03 bits per heavy atom. The van der Waals surface area contributed by atoms with Gasteiger partial charge in [-0.25, -0.2) is 15.0 Å². The highest BCUT2D eigenvalue weighted by Crippen LogP contribution is 2.33. The van der Waals surface area contributed by atoms with E-state index in [0.717, 1.165) is 20.5 Å². The zero-order chi connectivity index (χ0) is 25.8. The number of thiophene rings is 1. The van der Waals surface area contributed by atoms with E-state index in [-0.39, 0.29) is 28.9 Å². The summed E-state index contributed by atoms with van der Waals surface area (Å²) in [7, 11) is 1.45. The van der Waals surface area contributed by atoms with Crippen molar-refractivity contribution in [1.29, 1.82) is 0 Å². The van der Waals surface area contributed by atoms with Crippen LogP contribution in [0.4, 0.5) is 23.1 Å². The molecule has 10 nitrogen and oxygen atoms in total. The van der Waals surface area contributed by atoms with Gasteiger partial charge in [-0.3, -0.25) is 19.3 Å². The van der Waals surface area contributed by atoms with Crippen LogP contribution in [-0.2, 0) is 0 Å². The topological polar surface area (TPSA) is 143 Å². The van der Waals surface area contributed by atoms with Crippen molar-refractivity contribution in [1.82, 2.24) is 19.9 Å². The maximum Gasteiger partial charge on any atom is 0.294 e. The molecule has 0 fully saturated rings. The molecule has 0 saturated heterocycles. The fourth-order valence-electron chi connectivity index (χ4n) is 4.33. The molecule has 0 unspecified atom stereocenters. The minimum absolute atomic E-state index is 0.0724. The van der Waals surface area contributed by atoms with Crippen LogP contribution in [0.1, 0.15) is 36.9 Å². The Labute approximate surface area is 214 Å². The van der Waals surface area contributed by atoms with Gasteiger partial charge in [0.1, 0.15) is 17.5 Å². The molecule has 0 atom stereocenters. The minimum atomic E-state index is -0.561. The molecule has 5 aromatic rings. The smallest absolute Gasteiger partial charge is 0.294 e. The number of nitrogen functional groups attached to an aromatic ring is 1. The van der Waals surface area contributed by atoms with Crippen LogP contribution in [0.3, 0.4) is 0 Å². The molecule has 0 aliphatic carbocycles. The van der Waals surface area contributed by atoms with E-state index >= 15 is 0 Å². The summed E-state index contributed by atoms with van der Waals surface area (Å²) < 4.78 is 0.718. The quantitative estimate of drug-likeness (QED) is 0.303. The number of hydrogen-bond donors (Lipinski definition) is 3. The van der Waals surface area contributed by atoms with Gasteiger partial charge < -0.3 is 16.4 Å². The van der Waals surface area contributed by atoms with Crippen LogP contribution in [0.25, 0.3) is 21.0 Å². The molecular formula is C26H19N7O3S. The number of aryl methyl sites for hydroxylation is 1. The Hall–Kier alpha value is -4.90. The lowest BCUT2D eigenvalue weighted by atomic mass is 10.1. The Balaban J connectivity index is 1.41. The fraction of sp³-hybridized carbons (Fsp3) is 0.0769. The summed E-state index contributed by atoms with van der Waals surface area (Å²) in [5.74, 6) is -0.496. The Morgan fingerprint density at radius 3 is 2.70 bits per heavy atom. The number of hydrogen-bond acceptors (Lipinski definition) is 9. The number of imide groups is 1. The first-order chi connectivity index (χ1) is 17.8. The number of benzene rings is 2. The number of nitrogens with two attached hydrogens (primary N) is 1. The Kier molecular flexibility index (Phi) is 5.09. The lowest BCUT2D eigenvalue weighted by Gasteiger charge is -2.14. The molecule has 0 saturated carbocycles. The summed E-state index contributed by atoms with van der Waals surface area (Å²) in [6.45, 7) is 1.96. The highest BCUT2D eigenvalue weighted by atomic mass is 32.1. The van der Waals surface area contributed by atoms with E-state index in [1.165, 1.54) is 18.4 Å². The third kappa shape index (κ3) is 3.72. The molecule has 0 radical (unpaired) electrons. The predicted molar refractivity (Wildman–Crippen MR) is 142 cm³/mol. The summed E-state index contributed by atoms with van der Waals surface area (Å²) in [4.78, 5) is 52.5. The first-order valence-electron chi connectivity index (χ1n) is 11.3. The maximum atomic E-state index is 13.1. The van der Waals surface area contributed by atoms with Crippen LogP contribution in [0.15, 0.2) is 53.9 Å². The minimum Gasteiger partial charge on any atom is -0.382 e. The molecule has 6 rings (SSSR count). The van der Waals surface area contributed by atoms with Gasteiger partial charge in [-0.15, -0.1) is 11.3 Å². The number of carbonyl (C=O) groups excluding carboxylic acids is 3. The fourth-order valence-corrected chi connectivity index (χ4v) is 5.07. The number of fused-ring (bicyclic) bond motifs is 3. The van der Waals surface area contributed by atoms with Crippen molar-refractivity contribution in [2.45, 2.75) is 6.92 Å². The molecule has 11 heteroatoms. The standard InChI is InChI=1S/C26H19N7O3S/c1-12-6-7-14-13(10-12)11-18(28-16-5-3-4-15-19(16)26(36)33(2)25(15)35)30-22(14)32-24(34)23-29-17-8-9-37-20(17)21(27)31-23/h3-11H,1-2H3,(H2,27,29,31)(H2,28,30,32,34). The van der Waals surface area contributed by atoms with E-state index in [4.69, 9.17) is 5.73 Å². The van der Waals surface area contributed by atoms with Gasteiger partial charge in [0.25, 0.3) is 17.7 Å². The molecule has 1 aliphatic heterocycles. The number of rotatable bonds is 4. The van der Waals surface area contributed by atoms with Crippen LogP contribution in [0.2, 0.25) is 0 Å². The second-order valence-corrected chi connectivity index (χ2v) is 9.54. The van der Waals surface area contributed by atoms with Gasteiger partial charge in [-0.1, -0.05) is 29.8 Å². The molecule has 3 amide bonds. The third-order valence-corrected chi connectivity index (χ3v) is 7.06. The van der Waals surface area contributed by atoms with Crippen molar-refractivity contribution < 1.29 is 14.4 Å². The molecule has 3 aromatic heterocycles. The van der Waals surface area contributed by atoms with Gasteiger partial charge in [-0.2, -0.15) is 0 Å². The number of amides is 3. The summed E-state index contributed by atoms with van der Waals surface area (Å²) in [5, 5.41) is 9.32. The van der Waals surface area contributed by atoms with E-state index in [1.54, 1.807) is 24.3 Å². The summed E-state index contributed by atoms with van der Waals surface area (Å²) in [5.41, 5.74) is 8.67. The Morgan fingerprint density at radius 2 is 1.86 bits per heavy atom. The second kappa shape index (κ2) is 8.35. The van der Waals surface area contributed by atoms with E-state index in [2.05, 4.69) is 25.6 Å². The van der Waals surface area contributed by atoms with E-state index < -0.39 is 11.8 Å². The van der Waals surface area contributed by atoms with Crippen molar-refractivity contribution in [3.8, 4) is 0 Å². The lowest BCUT2D eigenvalue weighted by Crippen LogP contribution is -2.24. The van der Waals surface area contributed by atoms with Gasteiger partial charge in [0.2, 0.25) is 5.82 Å². The van der Waals surface area contributed by atoms with Gasteiger partial charge in [-0.05, 0) is 42.0 Å². The number of aromatic nitrogens is 3.